The van der Waals surface area contributed by atoms with Crippen molar-refractivity contribution in [1.82, 2.24) is 4.98 Å². The molecule has 4 N–H and O–H groups in total. The maximum absolute atomic E-state index is 10.0. The Bertz CT molecular complexity index is 293. The van der Waals surface area contributed by atoms with E-state index in [0.717, 1.165) is 18.5 Å². The summed E-state index contributed by atoms with van der Waals surface area (Å²) in [5, 5.41) is 13.2. The fraction of sp³-hybridized carbons (Fsp3) is 0.545. The van der Waals surface area contributed by atoms with Gasteiger partial charge in [0.1, 0.15) is 5.82 Å². The van der Waals surface area contributed by atoms with Gasteiger partial charge >= 0.3 is 0 Å². The van der Waals surface area contributed by atoms with E-state index >= 15 is 0 Å². The molecule has 0 amide bonds. The second-order valence-electron chi connectivity index (χ2n) is 3.76. The van der Waals surface area contributed by atoms with Crippen LogP contribution in [0.3, 0.4) is 0 Å². The van der Waals surface area contributed by atoms with Gasteiger partial charge in [0.2, 0.25) is 0 Å². The summed E-state index contributed by atoms with van der Waals surface area (Å²) >= 11 is 0. The van der Waals surface area contributed by atoms with E-state index < -0.39 is 5.60 Å². The molecule has 0 fully saturated rings. The van der Waals surface area contributed by atoms with Crippen molar-refractivity contribution in [1.29, 1.82) is 0 Å². The number of pyridine rings is 1. The summed E-state index contributed by atoms with van der Waals surface area (Å²) < 4.78 is 0. The van der Waals surface area contributed by atoms with Gasteiger partial charge in [-0.05, 0) is 25.0 Å². The molecule has 4 nitrogen and oxygen atoms in total. The normalized spacial score (nSPS) is 11.4. The predicted molar refractivity (Wildman–Crippen MR) is 62.7 cm³/mol. The Balaban J connectivity index is 2.53. The molecule has 0 bridgehead atoms. The van der Waals surface area contributed by atoms with Crippen molar-refractivity contribution >= 4 is 11.5 Å². The molecule has 0 aromatic carbocycles. The summed E-state index contributed by atoms with van der Waals surface area (Å²) in [6, 6.07) is 3.59. The Labute approximate surface area is 90.5 Å². The Morgan fingerprint density at radius 1 is 1.40 bits per heavy atom. The molecule has 0 unspecified atom stereocenters. The molecular formula is C11H19N3O. The molecule has 0 aliphatic carbocycles. The van der Waals surface area contributed by atoms with Crippen molar-refractivity contribution in [2.24, 2.45) is 0 Å². The number of nitrogens with one attached hydrogen (secondary N) is 1. The van der Waals surface area contributed by atoms with Crippen molar-refractivity contribution < 1.29 is 5.11 Å². The highest BCUT2D eigenvalue weighted by Gasteiger charge is 2.21. The lowest BCUT2D eigenvalue weighted by atomic mass is 9.97. The van der Waals surface area contributed by atoms with Crippen LogP contribution in [0.4, 0.5) is 11.5 Å². The fourth-order valence-corrected chi connectivity index (χ4v) is 1.28. The topological polar surface area (TPSA) is 71.2 Å². The van der Waals surface area contributed by atoms with Gasteiger partial charge < -0.3 is 16.2 Å². The number of anilines is 2. The molecular weight excluding hydrogens is 190 g/mol. The maximum atomic E-state index is 10.0. The van der Waals surface area contributed by atoms with Crippen molar-refractivity contribution in [3.63, 3.8) is 0 Å². The van der Waals surface area contributed by atoms with Crippen molar-refractivity contribution in [3.8, 4) is 0 Å². The minimum absolute atomic E-state index is 0.502. The highest BCUT2D eigenvalue weighted by Crippen LogP contribution is 2.16. The lowest BCUT2D eigenvalue weighted by molar-refractivity contribution is 0.0457. The van der Waals surface area contributed by atoms with Gasteiger partial charge in [0.05, 0.1) is 17.5 Å². The van der Waals surface area contributed by atoms with Gasteiger partial charge in [0, 0.05) is 6.54 Å². The molecule has 1 aromatic rings. The summed E-state index contributed by atoms with van der Waals surface area (Å²) in [5.74, 6) is 0.502. The van der Waals surface area contributed by atoms with Crippen LogP contribution in [-0.4, -0.2) is 22.2 Å². The van der Waals surface area contributed by atoms with Gasteiger partial charge in [0.25, 0.3) is 0 Å². The molecule has 1 aromatic heterocycles. The Hall–Kier alpha value is -1.29. The van der Waals surface area contributed by atoms with E-state index in [1.54, 1.807) is 12.3 Å². The van der Waals surface area contributed by atoms with Crippen LogP contribution in [0.2, 0.25) is 0 Å². The Kier molecular flexibility index (Phi) is 3.91. The van der Waals surface area contributed by atoms with E-state index in [1.807, 2.05) is 19.9 Å². The van der Waals surface area contributed by atoms with Gasteiger partial charge in [-0.2, -0.15) is 0 Å². The van der Waals surface area contributed by atoms with Crippen molar-refractivity contribution in [2.75, 3.05) is 17.6 Å². The zero-order valence-electron chi connectivity index (χ0n) is 9.33. The SMILES string of the molecule is CCC(O)(CC)CNc1ccc(N)nc1. The monoisotopic (exact) mass is 209 g/mol. The van der Waals surface area contributed by atoms with Crippen molar-refractivity contribution in [2.45, 2.75) is 32.3 Å². The smallest absolute Gasteiger partial charge is 0.123 e. The molecule has 0 saturated carbocycles. The first-order chi connectivity index (χ1) is 7.09. The number of aliphatic hydroxyl groups is 1. The van der Waals surface area contributed by atoms with Gasteiger partial charge in [-0.15, -0.1) is 0 Å². The van der Waals surface area contributed by atoms with E-state index in [9.17, 15) is 5.11 Å². The third kappa shape index (κ3) is 3.40. The van der Waals surface area contributed by atoms with Crippen LogP contribution in [-0.2, 0) is 0 Å². The van der Waals surface area contributed by atoms with Crippen LogP contribution in [0.25, 0.3) is 0 Å². The average molecular weight is 209 g/mol. The molecule has 1 heterocycles. The van der Waals surface area contributed by atoms with E-state index in [4.69, 9.17) is 5.73 Å². The third-order valence-corrected chi connectivity index (χ3v) is 2.72. The average Bonchev–Trinajstić information content (AvgIpc) is 2.28. The van der Waals surface area contributed by atoms with E-state index in [1.165, 1.54) is 0 Å². The minimum atomic E-state index is -0.638. The molecule has 0 atom stereocenters. The number of nitrogens with two attached hydrogens (primary N) is 1. The summed E-state index contributed by atoms with van der Waals surface area (Å²) in [7, 11) is 0. The number of nitrogen functional groups attached to an aromatic ring is 1. The first kappa shape index (κ1) is 11.8. The summed E-state index contributed by atoms with van der Waals surface area (Å²) in [4.78, 5) is 3.97. The second kappa shape index (κ2) is 4.98. The number of nitrogens with zero attached hydrogens (tertiary/aromatic N) is 1. The van der Waals surface area contributed by atoms with Gasteiger partial charge in [-0.3, -0.25) is 0 Å². The molecule has 0 aliphatic rings. The van der Waals surface area contributed by atoms with Crippen LogP contribution in [0.1, 0.15) is 26.7 Å². The first-order valence-electron chi connectivity index (χ1n) is 5.27. The second-order valence-corrected chi connectivity index (χ2v) is 3.76. The highest BCUT2D eigenvalue weighted by atomic mass is 16.3. The number of hydrogen-bond donors (Lipinski definition) is 3. The van der Waals surface area contributed by atoms with Crippen LogP contribution in [0.5, 0.6) is 0 Å². The Morgan fingerprint density at radius 3 is 2.53 bits per heavy atom. The molecule has 15 heavy (non-hydrogen) atoms. The van der Waals surface area contributed by atoms with Gasteiger partial charge in [0.15, 0.2) is 0 Å². The highest BCUT2D eigenvalue weighted by molar-refractivity contribution is 5.45. The molecule has 0 aliphatic heterocycles. The summed E-state index contributed by atoms with van der Waals surface area (Å²) in [6.07, 6.45) is 3.14. The van der Waals surface area contributed by atoms with E-state index in [-0.39, 0.29) is 0 Å². The van der Waals surface area contributed by atoms with Crippen LogP contribution < -0.4 is 11.1 Å². The molecule has 0 radical (unpaired) electrons. The molecule has 0 saturated heterocycles. The predicted octanol–water partition coefficient (Wildman–Crippen LogP) is 1.63. The van der Waals surface area contributed by atoms with E-state index in [2.05, 4.69) is 10.3 Å². The third-order valence-electron chi connectivity index (χ3n) is 2.72. The zero-order valence-corrected chi connectivity index (χ0v) is 9.33. The van der Waals surface area contributed by atoms with E-state index in [0.29, 0.717) is 12.4 Å². The minimum Gasteiger partial charge on any atom is -0.388 e. The van der Waals surface area contributed by atoms with Crippen LogP contribution in [0.15, 0.2) is 18.3 Å². The lowest BCUT2D eigenvalue weighted by Crippen LogP contribution is -2.35. The fourth-order valence-electron chi connectivity index (χ4n) is 1.28. The number of aromatic nitrogens is 1. The first-order valence-corrected chi connectivity index (χ1v) is 5.27. The number of rotatable bonds is 5. The molecule has 0 spiro atoms. The summed E-state index contributed by atoms with van der Waals surface area (Å²) in [6.45, 7) is 4.49. The lowest BCUT2D eigenvalue weighted by Gasteiger charge is -2.25. The maximum Gasteiger partial charge on any atom is 0.123 e. The van der Waals surface area contributed by atoms with Gasteiger partial charge in [-0.25, -0.2) is 4.98 Å². The molecule has 84 valence electrons. The zero-order chi connectivity index (χ0) is 11.3. The van der Waals surface area contributed by atoms with Crippen molar-refractivity contribution in [3.05, 3.63) is 18.3 Å². The van der Waals surface area contributed by atoms with Gasteiger partial charge in [-0.1, -0.05) is 13.8 Å². The molecule has 1 rings (SSSR count). The molecule has 4 heteroatoms. The quantitative estimate of drug-likeness (QED) is 0.689. The number of hydrogen-bond acceptors (Lipinski definition) is 4. The van der Waals surface area contributed by atoms with Crippen LogP contribution >= 0.6 is 0 Å². The largest absolute Gasteiger partial charge is 0.388 e. The Morgan fingerprint density at radius 2 is 2.07 bits per heavy atom. The summed E-state index contributed by atoms with van der Waals surface area (Å²) in [5.41, 5.74) is 5.71. The standard InChI is InChI=1S/C11H19N3O/c1-3-11(15,4-2)8-14-9-5-6-10(12)13-7-9/h5-7,14-15H,3-4,8H2,1-2H3,(H2,12,13). The van der Waals surface area contributed by atoms with Crippen LogP contribution in [0, 0.1) is 0 Å².